The van der Waals surface area contributed by atoms with Crippen molar-refractivity contribution >= 4 is 28.1 Å². The van der Waals surface area contributed by atoms with E-state index in [1.165, 1.54) is 6.33 Å². The van der Waals surface area contributed by atoms with Gasteiger partial charge in [0.2, 0.25) is 0 Å². The Morgan fingerprint density at radius 2 is 2.28 bits per heavy atom. The molecule has 1 aromatic heterocycles. The molecular weight excluding hydrogens is 272 g/mol. The number of nitrogens with two attached hydrogens (primary N) is 1. The maximum absolute atomic E-state index is 12.2. The second-order valence-electron chi connectivity index (χ2n) is 3.67. The summed E-state index contributed by atoms with van der Waals surface area (Å²) in [7, 11) is -1.21. The predicted octanol–water partition coefficient (Wildman–Crippen LogP) is 1.84. The van der Waals surface area contributed by atoms with Crippen LogP contribution < -0.4 is 5.73 Å². The first-order valence-electron chi connectivity index (χ1n) is 5.42. The first-order valence-corrected chi connectivity index (χ1v) is 7.11. The number of aryl methyl sites for hydroxylation is 1. The lowest BCUT2D eigenvalue weighted by Crippen LogP contribution is -2.07. The van der Waals surface area contributed by atoms with Gasteiger partial charge in [-0.25, -0.2) is 9.67 Å². The normalized spacial score (nSPS) is 12.6. The quantitative estimate of drug-likeness (QED) is 0.870. The van der Waals surface area contributed by atoms with E-state index in [1.807, 2.05) is 6.92 Å². The Hall–Kier alpha value is -1.40. The van der Waals surface area contributed by atoms with E-state index in [-0.39, 0.29) is 0 Å². The average Bonchev–Trinajstić information content (AvgIpc) is 2.79. The van der Waals surface area contributed by atoms with Gasteiger partial charge in [-0.2, -0.15) is 5.10 Å². The molecule has 1 atom stereocenters. The van der Waals surface area contributed by atoms with Gasteiger partial charge in [-0.15, -0.1) is 0 Å². The smallest absolute Gasteiger partial charge is 0.139 e. The summed E-state index contributed by atoms with van der Waals surface area (Å²) in [4.78, 5) is 4.73. The number of nitrogen functional groups attached to an aromatic ring is 1. The highest BCUT2D eigenvalue weighted by Gasteiger charge is 2.11. The van der Waals surface area contributed by atoms with Crippen molar-refractivity contribution in [2.45, 2.75) is 24.1 Å². The van der Waals surface area contributed by atoms with E-state index in [9.17, 15) is 4.21 Å². The van der Waals surface area contributed by atoms with Crippen LogP contribution in [0, 0.1) is 0 Å². The zero-order valence-corrected chi connectivity index (χ0v) is 11.4. The fourth-order valence-electron chi connectivity index (χ4n) is 1.51. The van der Waals surface area contributed by atoms with Crippen molar-refractivity contribution in [2.75, 3.05) is 5.73 Å². The minimum atomic E-state index is -1.21. The van der Waals surface area contributed by atoms with E-state index >= 15 is 0 Å². The third-order valence-corrected chi connectivity index (χ3v) is 4.12. The summed E-state index contributed by atoms with van der Waals surface area (Å²) < 4.78 is 13.9. The lowest BCUT2D eigenvalue weighted by Gasteiger charge is -2.05. The molecule has 18 heavy (non-hydrogen) atoms. The van der Waals surface area contributed by atoms with E-state index in [4.69, 9.17) is 17.3 Å². The van der Waals surface area contributed by atoms with Crippen molar-refractivity contribution in [1.29, 1.82) is 0 Å². The fraction of sp³-hybridized carbons (Fsp3) is 0.273. The van der Waals surface area contributed by atoms with Gasteiger partial charge >= 0.3 is 0 Å². The summed E-state index contributed by atoms with van der Waals surface area (Å²) in [5.41, 5.74) is 6.09. The van der Waals surface area contributed by atoms with Crippen LogP contribution in [0.1, 0.15) is 12.7 Å². The molecule has 2 rings (SSSR count). The second-order valence-corrected chi connectivity index (χ2v) is 5.52. The average molecular weight is 285 g/mol. The minimum absolute atomic E-state index is 0.314. The highest BCUT2D eigenvalue weighted by molar-refractivity contribution is 7.84. The minimum Gasteiger partial charge on any atom is -0.398 e. The van der Waals surface area contributed by atoms with Crippen molar-refractivity contribution in [2.24, 2.45) is 0 Å². The number of halogens is 1. The summed E-state index contributed by atoms with van der Waals surface area (Å²) in [6.07, 6.45) is 1.46. The van der Waals surface area contributed by atoms with Gasteiger partial charge in [0.05, 0.1) is 27.3 Å². The number of aromatic nitrogens is 3. The maximum atomic E-state index is 12.2. The zero-order chi connectivity index (χ0) is 13.1. The Morgan fingerprint density at radius 3 is 2.94 bits per heavy atom. The lowest BCUT2D eigenvalue weighted by molar-refractivity contribution is 0.627. The van der Waals surface area contributed by atoms with E-state index < -0.39 is 10.8 Å². The number of anilines is 1. The van der Waals surface area contributed by atoms with Crippen LogP contribution in [0.25, 0.3) is 0 Å². The largest absolute Gasteiger partial charge is 0.398 e. The molecule has 0 saturated heterocycles. The van der Waals surface area contributed by atoms with Crippen LogP contribution in [0.5, 0.6) is 0 Å². The topological polar surface area (TPSA) is 73.8 Å². The molecule has 2 N–H and O–H groups in total. The molecule has 1 unspecified atom stereocenters. The second kappa shape index (κ2) is 5.49. The molecule has 0 spiro atoms. The van der Waals surface area contributed by atoms with Gasteiger partial charge in [0.1, 0.15) is 12.2 Å². The van der Waals surface area contributed by atoms with E-state index in [0.717, 1.165) is 0 Å². The predicted molar refractivity (Wildman–Crippen MR) is 71.7 cm³/mol. The molecular formula is C11H13ClN4OS. The zero-order valence-electron chi connectivity index (χ0n) is 9.84. The Bertz CT molecular complexity index is 584. The van der Waals surface area contributed by atoms with Crippen molar-refractivity contribution in [1.82, 2.24) is 14.8 Å². The van der Waals surface area contributed by atoms with Crippen LogP contribution in [0.2, 0.25) is 5.02 Å². The summed E-state index contributed by atoms with van der Waals surface area (Å²) in [6, 6.07) is 4.99. The Kier molecular flexibility index (Phi) is 3.98. The van der Waals surface area contributed by atoms with Crippen LogP contribution >= 0.6 is 11.6 Å². The van der Waals surface area contributed by atoms with Crippen LogP contribution in [-0.4, -0.2) is 19.0 Å². The third kappa shape index (κ3) is 2.70. The lowest BCUT2D eigenvalue weighted by atomic mass is 10.3. The number of nitrogens with zero attached hydrogens (tertiary/aromatic N) is 3. The van der Waals surface area contributed by atoms with E-state index in [2.05, 4.69) is 10.1 Å². The van der Waals surface area contributed by atoms with E-state index in [1.54, 1.807) is 22.9 Å². The fourth-order valence-corrected chi connectivity index (χ4v) is 2.85. The SMILES string of the molecule is CCn1ncnc1CS(=O)c1ccc(N)c(Cl)c1. The van der Waals surface area contributed by atoms with Gasteiger partial charge < -0.3 is 5.73 Å². The molecule has 1 aromatic carbocycles. The van der Waals surface area contributed by atoms with Gasteiger partial charge in [0.15, 0.2) is 0 Å². The number of hydrogen-bond acceptors (Lipinski definition) is 4. The van der Waals surface area contributed by atoms with Gasteiger partial charge in [-0.3, -0.25) is 4.21 Å². The molecule has 0 aliphatic heterocycles. The van der Waals surface area contributed by atoms with Gasteiger partial charge in [0, 0.05) is 11.4 Å². The molecule has 0 bridgehead atoms. The van der Waals surface area contributed by atoms with Crippen molar-refractivity contribution in [3.05, 3.63) is 35.4 Å². The highest BCUT2D eigenvalue weighted by Crippen LogP contribution is 2.22. The van der Waals surface area contributed by atoms with Crippen molar-refractivity contribution in [3.8, 4) is 0 Å². The molecule has 5 nitrogen and oxygen atoms in total. The number of hydrogen-bond donors (Lipinski definition) is 1. The molecule has 0 aliphatic carbocycles. The molecule has 2 aromatic rings. The van der Waals surface area contributed by atoms with Crippen LogP contribution in [0.15, 0.2) is 29.4 Å². The van der Waals surface area contributed by atoms with Crippen LogP contribution in [0.4, 0.5) is 5.69 Å². The Morgan fingerprint density at radius 1 is 1.50 bits per heavy atom. The summed E-state index contributed by atoms with van der Waals surface area (Å²) in [5, 5.41) is 4.45. The molecule has 0 amide bonds. The van der Waals surface area contributed by atoms with Crippen LogP contribution in [0.3, 0.4) is 0 Å². The molecule has 0 saturated carbocycles. The summed E-state index contributed by atoms with van der Waals surface area (Å²) in [5.74, 6) is 1.01. The van der Waals surface area contributed by atoms with Crippen molar-refractivity contribution in [3.63, 3.8) is 0 Å². The standard InChI is InChI=1S/C11H13ClN4OS/c1-2-16-11(14-7-15-16)6-18(17)8-3-4-10(13)9(12)5-8/h3-5,7H,2,6,13H2,1H3. The monoisotopic (exact) mass is 284 g/mol. The first kappa shape index (κ1) is 13.0. The summed E-state index contributed by atoms with van der Waals surface area (Å²) >= 11 is 5.91. The van der Waals surface area contributed by atoms with Gasteiger partial charge in [0.25, 0.3) is 0 Å². The molecule has 0 aliphatic rings. The first-order chi connectivity index (χ1) is 8.61. The highest BCUT2D eigenvalue weighted by atomic mass is 35.5. The Balaban J connectivity index is 2.19. The molecule has 1 heterocycles. The molecule has 7 heteroatoms. The maximum Gasteiger partial charge on any atom is 0.139 e. The van der Waals surface area contributed by atoms with Crippen molar-refractivity contribution < 1.29 is 4.21 Å². The van der Waals surface area contributed by atoms with E-state index in [0.29, 0.717) is 33.7 Å². The molecule has 0 fully saturated rings. The summed E-state index contributed by atoms with van der Waals surface area (Å²) in [6.45, 7) is 2.66. The van der Waals surface area contributed by atoms with Gasteiger partial charge in [-0.05, 0) is 25.1 Å². The van der Waals surface area contributed by atoms with Crippen LogP contribution in [-0.2, 0) is 23.1 Å². The molecule has 96 valence electrons. The Labute approximate surface area is 112 Å². The number of rotatable bonds is 4. The van der Waals surface area contributed by atoms with Gasteiger partial charge in [-0.1, -0.05) is 11.6 Å². The molecule has 0 radical (unpaired) electrons. The number of benzene rings is 1. The third-order valence-electron chi connectivity index (χ3n) is 2.49.